The number of halogens is 1. The highest BCUT2D eigenvalue weighted by molar-refractivity contribution is 5.88. The molecule has 3 aromatic rings. The maximum Gasteiger partial charge on any atom is 0.213 e. The van der Waals surface area contributed by atoms with Crippen molar-refractivity contribution >= 4 is 10.9 Å². The van der Waals surface area contributed by atoms with Crippen molar-refractivity contribution in [2.75, 3.05) is 26.2 Å². The predicted octanol–water partition coefficient (Wildman–Crippen LogP) is 4.07. The number of pyridine rings is 1. The number of nitrogens with zero attached hydrogens (tertiary/aromatic N) is 3. The summed E-state index contributed by atoms with van der Waals surface area (Å²) in [6.07, 6.45) is 1.47. The Labute approximate surface area is 174 Å². The van der Waals surface area contributed by atoms with Crippen molar-refractivity contribution in [1.82, 2.24) is 9.88 Å². The smallest absolute Gasteiger partial charge is 0.213 e. The van der Waals surface area contributed by atoms with Gasteiger partial charge in [-0.1, -0.05) is 30.3 Å². The van der Waals surface area contributed by atoms with Crippen LogP contribution in [0.25, 0.3) is 10.9 Å². The van der Waals surface area contributed by atoms with Gasteiger partial charge in [-0.15, -0.1) is 0 Å². The first-order chi connectivity index (χ1) is 14.7. The van der Waals surface area contributed by atoms with Crippen LogP contribution in [0.1, 0.15) is 18.4 Å². The Morgan fingerprint density at radius 2 is 1.90 bits per heavy atom. The minimum absolute atomic E-state index is 0.125. The van der Waals surface area contributed by atoms with E-state index in [1.165, 1.54) is 6.07 Å². The van der Waals surface area contributed by atoms with Gasteiger partial charge >= 0.3 is 0 Å². The second-order valence-corrected chi connectivity index (χ2v) is 8.00. The maximum absolute atomic E-state index is 13.5. The van der Waals surface area contributed by atoms with Gasteiger partial charge in [0.2, 0.25) is 5.95 Å². The SMILES string of the molecule is N#CC1(c2ccccc2)CCN(CC2COc3ccc4nc(F)ccc4c3O2)CC1. The second kappa shape index (κ2) is 7.58. The molecule has 1 aromatic heterocycles. The number of piperidine rings is 1. The molecule has 0 spiro atoms. The minimum atomic E-state index is -0.511. The molecule has 30 heavy (non-hydrogen) atoms. The lowest BCUT2D eigenvalue weighted by Crippen LogP contribution is -2.47. The van der Waals surface area contributed by atoms with E-state index in [0.717, 1.165) is 43.4 Å². The lowest BCUT2D eigenvalue weighted by molar-refractivity contribution is 0.0494. The van der Waals surface area contributed by atoms with Crippen molar-refractivity contribution in [1.29, 1.82) is 5.26 Å². The van der Waals surface area contributed by atoms with Crippen LogP contribution in [0.4, 0.5) is 4.39 Å². The van der Waals surface area contributed by atoms with Gasteiger partial charge in [0.25, 0.3) is 0 Å². The molecular weight excluding hydrogens is 381 g/mol. The van der Waals surface area contributed by atoms with Gasteiger partial charge in [-0.05, 0) is 42.7 Å². The van der Waals surface area contributed by atoms with E-state index < -0.39 is 11.4 Å². The van der Waals surface area contributed by atoms with E-state index in [4.69, 9.17) is 9.47 Å². The molecule has 0 N–H and O–H groups in total. The van der Waals surface area contributed by atoms with Crippen LogP contribution in [0.15, 0.2) is 54.6 Å². The number of benzene rings is 2. The number of aromatic nitrogens is 1. The molecule has 152 valence electrons. The lowest BCUT2D eigenvalue weighted by Gasteiger charge is -2.39. The van der Waals surface area contributed by atoms with E-state index in [1.807, 2.05) is 18.2 Å². The zero-order valence-electron chi connectivity index (χ0n) is 16.6. The molecule has 0 radical (unpaired) electrons. The Bertz CT molecular complexity index is 1100. The Morgan fingerprint density at radius 1 is 1.10 bits per heavy atom. The largest absolute Gasteiger partial charge is 0.486 e. The van der Waals surface area contributed by atoms with Gasteiger partial charge in [0.1, 0.15) is 12.7 Å². The fourth-order valence-corrected chi connectivity index (χ4v) is 4.47. The molecule has 2 aliphatic heterocycles. The second-order valence-electron chi connectivity index (χ2n) is 8.00. The van der Waals surface area contributed by atoms with Crippen molar-refractivity contribution in [2.45, 2.75) is 24.4 Å². The molecule has 0 bridgehead atoms. The molecule has 1 fully saturated rings. The third-order valence-electron chi connectivity index (χ3n) is 6.17. The van der Waals surface area contributed by atoms with E-state index in [1.54, 1.807) is 18.2 Å². The molecule has 5 nitrogen and oxygen atoms in total. The third-order valence-corrected chi connectivity index (χ3v) is 6.17. The van der Waals surface area contributed by atoms with E-state index >= 15 is 0 Å². The number of rotatable bonds is 3. The van der Waals surface area contributed by atoms with E-state index in [-0.39, 0.29) is 6.10 Å². The molecule has 6 heteroatoms. The van der Waals surface area contributed by atoms with Crippen LogP contribution in [0.3, 0.4) is 0 Å². The van der Waals surface area contributed by atoms with Crippen LogP contribution >= 0.6 is 0 Å². The molecular formula is C24H22FN3O2. The predicted molar refractivity (Wildman–Crippen MR) is 111 cm³/mol. The number of hydrogen-bond donors (Lipinski definition) is 0. The first-order valence-corrected chi connectivity index (χ1v) is 10.2. The summed E-state index contributed by atoms with van der Waals surface area (Å²) in [5.41, 5.74) is 1.24. The summed E-state index contributed by atoms with van der Waals surface area (Å²) in [6, 6.07) is 19.2. The molecule has 2 aromatic carbocycles. The summed E-state index contributed by atoms with van der Waals surface area (Å²) < 4.78 is 25.6. The Hall–Kier alpha value is -3.17. The zero-order chi connectivity index (χ0) is 20.6. The molecule has 1 saturated heterocycles. The molecule has 2 aliphatic rings. The molecule has 0 aliphatic carbocycles. The van der Waals surface area contributed by atoms with Gasteiger partial charge in [-0.2, -0.15) is 9.65 Å². The van der Waals surface area contributed by atoms with E-state index in [9.17, 15) is 9.65 Å². The van der Waals surface area contributed by atoms with Crippen molar-refractivity contribution in [3.05, 3.63) is 66.1 Å². The first kappa shape index (κ1) is 18.8. The Morgan fingerprint density at radius 3 is 2.67 bits per heavy atom. The topological polar surface area (TPSA) is 58.4 Å². The zero-order valence-corrected chi connectivity index (χ0v) is 16.6. The van der Waals surface area contributed by atoms with Gasteiger partial charge < -0.3 is 9.47 Å². The Balaban J connectivity index is 1.28. The van der Waals surface area contributed by atoms with Gasteiger partial charge in [-0.3, -0.25) is 4.90 Å². The average Bonchev–Trinajstić information content (AvgIpc) is 2.80. The van der Waals surface area contributed by atoms with Crippen molar-refractivity contribution in [3.8, 4) is 17.6 Å². The number of hydrogen-bond acceptors (Lipinski definition) is 5. The highest BCUT2D eigenvalue weighted by Gasteiger charge is 2.37. The number of nitriles is 1. The fraction of sp³-hybridized carbons (Fsp3) is 0.333. The molecule has 3 heterocycles. The third kappa shape index (κ3) is 3.35. The quantitative estimate of drug-likeness (QED) is 0.617. The van der Waals surface area contributed by atoms with Crippen LogP contribution in [0.2, 0.25) is 0 Å². The lowest BCUT2D eigenvalue weighted by atomic mass is 9.74. The van der Waals surface area contributed by atoms with Crippen molar-refractivity contribution in [3.63, 3.8) is 0 Å². The van der Waals surface area contributed by atoms with Gasteiger partial charge in [0, 0.05) is 25.0 Å². The summed E-state index contributed by atoms with van der Waals surface area (Å²) in [4.78, 5) is 6.27. The normalized spacial score (nSPS) is 20.6. The maximum atomic E-state index is 13.5. The van der Waals surface area contributed by atoms with Crippen LogP contribution in [0, 0.1) is 17.3 Å². The van der Waals surface area contributed by atoms with Gasteiger partial charge in [0.05, 0.1) is 17.0 Å². The van der Waals surface area contributed by atoms with Crippen LogP contribution < -0.4 is 9.47 Å². The van der Waals surface area contributed by atoms with E-state index in [2.05, 4.69) is 28.1 Å². The fourth-order valence-electron chi connectivity index (χ4n) is 4.47. The highest BCUT2D eigenvalue weighted by Crippen LogP contribution is 2.39. The molecule has 1 unspecified atom stereocenters. The van der Waals surface area contributed by atoms with Gasteiger partial charge in [0.15, 0.2) is 11.5 Å². The average molecular weight is 403 g/mol. The molecule has 0 saturated carbocycles. The number of likely N-dealkylation sites (tertiary alicyclic amines) is 1. The first-order valence-electron chi connectivity index (χ1n) is 10.2. The van der Waals surface area contributed by atoms with E-state index in [0.29, 0.717) is 23.6 Å². The summed E-state index contributed by atoms with van der Waals surface area (Å²) in [5, 5.41) is 10.6. The molecule has 5 rings (SSSR count). The molecule has 0 amide bonds. The van der Waals surface area contributed by atoms with Crippen molar-refractivity contribution < 1.29 is 13.9 Å². The summed E-state index contributed by atoms with van der Waals surface area (Å²) >= 11 is 0. The summed E-state index contributed by atoms with van der Waals surface area (Å²) in [7, 11) is 0. The highest BCUT2D eigenvalue weighted by atomic mass is 19.1. The summed E-state index contributed by atoms with van der Waals surface area (Å²) in [6.45, 7) is 2.85. The monoisotopic (exact) mass is 403 g/mol. The van der Waals surface area contributed by atoms with Crippen LogP contribution in [-0.4, -0.2) is 42.2 Å². The van der Waals surface area contributed by atoms with Gasteiger partial charge in [-0.25, -0.2) is 4.98 Å². The van der Waals surface area contributed by atoms with Crippen molar-refractivity contribution in [2.24, 2.45) is 0 Å². The minimum Gasteiger partial charge on any atom is -0.486 e. The Kier molecular flexibility index (Phi) is 4.76. The van der Waals surface area contributed by atoms with Crippen LogP contribution in [-0.2, 0) is 5.41 Å². The number of ether oxygens (including phenoxy) is 2. The van der Waals surface area contributed by atoms with Crippen LogP contribution in [0.5, 0.6) is 11.5 Å². The summed E-state index contributed by atoms with van der Waals surface area (Å²) in [5.74, 6) is 0.783. The standard InChI is InChI=1S/C24H22FN3O2/c25-22-9-6-19-20(27-22)7-8-21-23(19)30-18(15-29-21)14-28-12-10-24(16-26,11-13-28)17-4-2-1-3-5-17/h1-9,18H,10-15H2. The molecule has 1 atom stereocenters. The number of fused-ring (bicyclic) bond motifs is 3.